The van der Waals surface area contributed by atoms with Crippen LogP contribution in [0.25, 0.3) is 0 Å². The van der Waals surface area contributed by atoms with Gasteiger partial charge in [0.15, 0.2) is 0 Å². The van der Waals surface area contributed by atoms with Crippen LogP contribution in [-0.4, -0.2) is 28.1 Å². The summed E-state index contributed by atoms with van der Waals surface area (Å²) in [6.45, 7) is 6.12. The van der Waals surface area contributed by atoms with E-state index in [2.05, 4.69) is 16.1 Å². The Kier molecular flexibility index (Phi) is 4.96. The van der Waals surface area contributed by atoms with E-state index in [9.17, 15) is 8.42 Å². The summed E-state index contributed by atoms with van der Waals surface area (Å²) in [5.74, 6) is 0. The summed E-state index contributed by atoms with van der Waals surface area (Å²) < 4.78 is 27.2. The second-order valence-electron chi connectivity index (χ2n) is 5.23. The van der Waals surface area contributed by atoms with Crippen LogP contribution in [0.2, 0.25) is 0 Å². The van der Waals surface area contributed by atoms with Crippen molar-refractivity contribution in [2.45, 2.75) is 31.6 Å². The van der Waals surface area contributed by atoms with Crippen LogP contribution in [0.4, 0.5) is 0 Å². The molecule has 1 aromatic carbocycles. The third-order valence-corrected chi connectivity index (χ3v) is 5.14. The molecule has 0 unspecified atom stereocenters. The van der Waals surface area contributed by atoms with Crippen molar-refractivity contribution >= 4 is 10.0 Å². The van der Waals surface area contributed by atoms with E-state index in [1.165, 1.54) is 5.57 Å². The summed E-state index contributed by atoms with van der Waals surface area (Å²) in [6, 6.07) is 5.40. The van der Waals surface area contributed by atoms with Gasteiger partial charge in [-0.1, -0.05) is 29.3 Å². The summed E-state index contributed by atoms with van der Waals surface area (Å²) >= 11 is 0. The second-order valence-corrected chi connectivity index (χ2v) is 6.97. The Morgan fingerprint density at radius 1 is 1.30 bits per heavy atom. The third kappa shape index (κ3) is 3.91. The smallest absolute Gasteiger partial charge is 0.240 e. The first kappa shape index (κ1) is 15.2. The molecule has 4 nitrogen and oxygen atoms in total. The molecule has 1 aromatic rings. The third-order valence-electron chi connectivity index (χ3n) is 3.52. The van der Waals surface area contributed by atoms with E-state index in [1.54, 1.807) is 6.07 Å². The van der Waals surface area contributed by atoms with Gasteiger partial charge in [-0.05, 0) is 44.9 Å². The summed E-state index contributed by atoms with van der Waals surface area (Å²) in [7, 11) is -3.40. The van der Waals surface area contributed by atoms with Crippen molar-refractivity contribution in [3.05, 3.63) is 41.0 Å². The average molecular weight is 294 g/mol. The maximum atomic E-state index is 12.3. The number of rotatable bonds is 5. The van der Waals surface area contributed by atoms with Gasteiger partial charge in [0.2, 0.25) is 10.0 Å². The Hall–Kier alpha value is -1.17. The van der Waals surface area contributed by atoms with Crippen molar-refractivity contribution in [2.75, 3.05) is 19.6 Å². The maximum absolute atomic E-state index is 12.3. The molecule has 110 valence electrons. The first-order valence-electron chi connectivity index (χ1n) is 6.94. The zero-order chi connectivity index (χ0) is 14.6. The van der Waals surface area contributed by atoms with Crippen molar-refractivity contribution in [3.63, 3.8) is 0 Å². The topological polar surface area (TPSA) is 58.2 Å². The molecule has 0 amide bonds. The van der Waals surface area contributed by atoms with Crippen molar-refractivity contribution < 1.29 is 8.42 Å². The molecule has 0 spiro atoms. The van der Waals surface area contributed by atoms with Gasteiger partial charge < -0.3 is 5.32 Å². The van der Waals surface area contributed by atoms with Crippen molar-refractivity contribution in [2.24, 2.45) is 0 Å². The van der Waals surface area contributed by atoms with Gasteiger partial charge in [-0.25, -0.2) is 13.1 Å². The van der Waals surface area contributed by atoms with Crippen LogP contribution >= 0.6 is 0 Å². The Labute approximate surface area is 121 Å². The van der Waals surface area contributed by atoms with Crippen molar-refractivity contribution in [3.8, 4) is 0 Å². The van der Waals surface area contributed by atoms with E-state index in [0.717, 1.165) is 37.1 Å². The van der Waals surface area contributed by atoms with Gasteiger partial charge in [0.1, 0.15) is 0 Å². The number of benzene rings is 1. The quantitative estimate of drug-likeness (QED) is 0.815. The first-order chi connectivity index (χ1) is 9.49. The van der Waals surface area contributed by atoms with Gasteiger partial charge in [0, 0.05) is 13.1 Å². The van der Waals surface area contributed by atoms with E-state index < -0.39 is 10.0 Å². The largest absolute Gasteiger partial charge is 0.313 e. The second kappa shape index (κ2) is 6.52. The minimum Gasteiger partial charge on any atom is -0.313 e. The summed E-state index contributed by atoms with van der Waals surface area (Å²) in [5.41, 5.74) is 3.19. The summed E-state index contributed by atoms with van der Waals surface area (Å²) in [6.07, 6.45) is 3.94. The Bertz CT molecular complexity index is 606. The normalized spacial score (nSPS) is 16.0. The highest BCUT2D eigenvalue weighted by atomic mass is 32.2. The standard InChI is InChI=1S/C15H22N2O2S/c1-12-3-4-15(13(2)11-12)20(18,19)17-10-7-14-5-8-16-9-6-14/h3-5,11,16-17H,6-10H2,1-2H3. The van der Waals surface area contributed by atoms with E-state index in [1.807, 2.05) is 26.0 Å². The predicted octanol–water partition coefficient (Wildman–Crippen LogP) is 1.89. The van der Waals surface area contributed by atoms with Crippen molar-refractivity contribution in [1.82, 2.24) is 10.0 Å². The fourth-order valence-electron chi connectivity index (χ4n) is 2.42. The predicted molar refractivity (Wildman–Crippen MR) is 81.3 cm³/mol. The molecule has 0 bridgehead atoms. The van der Waals surface area contributed by atoms with Crippen LogP contribution in [-0.2, 0) is 10.0 Å². The molecule has 1 aliphatic rings. The monoisotopic (exact) mass is 294 g/mol. The van der Waals surface area contributed by atoms with Gasteiger partial charge in [0.25, 0.3) is 0 Å². The Morgan fingerprint density at radius 3 is 2.75 bits per heavy atom. The molecule has 0 fully saturated rings. The summed E-state index contributed by atoms with van der Waals surface area (Å²) in [4.78, 5) is 0.377. The average Bonchev–Trinajstić information content (AvgIpc) is 2.39. The lowest BCUT2D eigenvalue weighted by molar-refractivity contribution is 0.579. The van der Waals surface area contributed by atoms with E-state index in [0.29, 0.717) is 11.4 Å². The molecule has 1 aliphatic heterocycles. The molecular weight excluding hydrogens is 272 g/mol. The van der Waals surface area contributed by atoms with Gasteiger partial charge >= 0.3 is 0 Å². The first-order valence-corrected chi connectivity index (χ1v) is 8.43. The molecule has 5 heteroatoms. The highest BCUT2D eigenvalue weighted by molar-refractivity contribution is 7.89. The fraction of sp³-hybridized carbons (Fsp3) is 0.467. The van der Waals surface area contributed by atoms with E-state index in [4.69, 9.17) is 0 Å². The highest BCUT2D eigenvalue weighted by Crippen LogP contribution is 2.16. The fourth-order valence-corrected chi connectivity index (χ4v) is 3.68. The van der Waals surface area contributed by atoms with Gasteiger partial charge in [0.05, 0.1) is 4.90 Å². The maximum Gasteiger partial charge on any atom is 0.240 e. The van der Waals surface area contributed by atoms with Crippen LogP contribution in [0.1, 0.15) is 24.0 Å². The molecule has 0 aromatic heterocycles. The molecule has 1 heterocycles. The molecule has 2 rings (SSSR count). The van der Waals surface area contributed by atoms with Crippen LogP contribution in [0.15, 0.2) is 34.7 Å². The van der Waals surface area contributed by atoms with E-state index in [-0.39, 0.29) is 0 Å². The van der Waals surface area contributed by atoms with Crippen LogP contribution < -0.4 is 10.0 Å². The number of hydrogen-bond donors (Lipinski definition) is 2. The van der Waals surface area contributed by atoms with Crippen LogP contribution in [0.3, 0.4) is 0 Å². The zero-order valence-corrected chi connectivity index (χ0v) is 12.9. The molecule has 0 saturated heterocycles. The zero-order valence-electron chi connectivity index (χ0n) is 12.1. The molecule has 2 N–H and O–H groups in total. The van der Waals surface area contributed by atoms with Crippen molar-refractivity contribution in [1.29, 1.82) is 0 Å². The van der Waals surface area contributed by atoms with Gasteiger partial charge in [-0.2, -0.15) is 0 Å². The van der Waals surface area contributed by atoms with E-state index >= 15 is 0 Å². The lowest BCUT2D eigenvalue weighted by Gasteiger charge is -2.15. The van der Waals surface area contributed by atoms with Gasteiger partial charge in [-0.3, -0.25) is 0 Å². The van der Waals surface area contributed by atoms with Gasteiger partial charge in [-0.15, -0.1) is 0 Å². The molecule has 0 saturated carbocycles. The van der Waals surface area contributed by atoms with Crippen LogP contribution in [0, 0.1) is 13.8 Å². The molecule has 0 radical (unpaired) electrons. The molecular formula is C15H22N2O2S. The van der Waals surface area contributed by atoms with Crippen LogP contribution in [0.5, 0.6) is 0 Å². The minimum atomic E-state index is -3.40. The number of nitrogens with one attached hydrogen (secondary N) is 2. The number of sulfonamides is 1. The molecule has 0 aliphatic carbocycles. The molecule has 20 heavy (non-hydrogen) atoms. The number of hydrogen-bond acceptors (Lipinski definition) is 3. The summed E-state index contributed by atoms with van der Waals surface area (Å²) in [5, 5.41) is 3.24. The Morgan fingerprint density at radius 2 is 2.10 bits per heavy atom. The lowest BCUT2D eigenvalue weighted by atomic mass is 10.1. The molecule has 0 atom stereocenters. The number of aryl methyl sites for hydroxylation is 2. The SMILES string of the molecule is Cc1ccc(S(=O)(=O)NCCC2=CCNCC2)c(C)c1. The Balaban J connectivity index is 1.98. The lowest BCUT2D eigenvalue weighted by Crippen LogP contribution is -2.27. The highest BCUT2D eigenvalue weighted by Gasteiger charge is 2.16. The minimum absolute atomic E-state index is 0.377.